The first-order chi connectivity index (χ1) is 14.6. The highest BCUT2D eigenvalue weighted by molar-refractivity contribution is 5.92. The number of aliphatic hydroxyl groups excluding tert-OH is 1. The molecule has 1 aromatic rings. The molecule has 9 heteroatoms. The normalized spacial score (nSPS) is 13.7. The van der Waals surface area contributed by atoms with Crippen LogP contribution in [-0.2, 0) is 14.3 Å². The smallest absolute Gasteiger partial charge is 0.408 e. The Morgan fingerprint density at radius 3 is 2.19 bits per heavy atom. The Bertz CT molecular complexity index is 826. The van der Waals surface area contributed by atoms with Gasteiger partial charge in [0.1, 0.15) is 23.4 Å². The summed E-state index contributed by atoms with van der Waals surface area (Å²) in [5, 5.41) is 24.9. The molecule has 0 bridgehead atoms. The predicted octanol–water partition coefficient (Wildman–Crippen LogP) is 2.39. The number of carbonyl (C=O) groups is 3. The van der Waals surface area contributed by atoms with Crippen LogP contribution in [0, 0.1) is 6.92 Å². The van der Waals surface area contributed by atoms with Crippen molar-refractivity contribution in [1.29, 1.82) is 0 Å². The van der Waals surface area contributed by atoms with Crippen molar-refractivity contribution in [3.8, 4) is 5.75 Å². The summed E-state index contributed by atoms with van der Waals surface area (Å²) in [6.07, 6.45) is -0.765. The van der Waals surface area contributed by atoms with Crippen LogP contribution in [0.3, 0.4) is 0 Å². The maximum absolute atomic E-state index is 13.3. The third-order valence-electron chi connectivity index (χ3n) is 4.32. The lowest BCUT2D eigenvalue weighted by molar-refractivity contribution is -0.143. The molecule has 0 saturated carbocycles. The average Bonchev–Trinajstić information content (AvgIpc) is 2.60. The number of benzene rings is 1. The molecule has 0 aromatic heterocycles. The number of carbonyl (C=O) groups excluding carboxylic acids is 3. The van der Waals surface area contributed by atoms with Crippen LogP contribution < -0.4 is 10.6 Å². The molecule has 0 fully saturated rings. The second kappa shape index (κ2) is 10.7. The molecule has 0 aliphatic rings. The summed E-state index contributed by atoms with van der Waals surface area (Å²) in [4.78, 5) is 39.9. The van der Waals surface area contributed by atoms with Gasteiger partial charge in [-0.05, 0) is 78.6 Å². The fourth-order valence-corrected chi connectivity index (χ4v) is 3.03. The lowest BCUT2D eigenvalue weighted by Gasteiger charge is -2.35. The number of aliphatic hydroxyl groups is 1. The first-order valence-electron chi connectivity index (χ1n) is 10.6. The van der Waals surface area contributed by atoms with Crippen LogP contribution in [-0.4, -0.2) is 63.4 Å². The summed E-state index contributed by atoms with van der Waals surface area (Å²) in [6, 6.07) is 2.52. The Morgan fingerprint density at radius 1 is 1.12 bits per heavy atom. The zero-order chi connectivity index (χ0) is 24.9. The van der Waals surface area contributed by atoms with E-state index >= 15 is 0 Å². The fraction of sp³-hybridized carbons (Fsp3) is 0.609. The van der Waals surface area contributed by atoms with Crippen LogP contribution in [0.1, 0.15) is 65.6 Å². The third-order valence-corrected chi connectivity index (χ3v) is 4.32. The second-order valence-corrected chi connectivity index (χ2v) is 9.81. The molecule has 9 nitrogen and oxygen atoms in total. The Hall–Kier alpha value is -2.81. The van der Waals surface area contributed by atoms with Gasteiger partial charge in [0, 0.05) is 12.1 Å². The highest BCUT2D eigenvalue weighted by atomic mass is 16.6. The number of aryl methyl sites for hydroxylation is 1. The maximum Gasteiger partial charge on any atom is 0.408 e. The summed E-state index contributed by atoms with van der Waals surface area (Å²) in [5.41, 5.74) is -0.313. The van der Waals surface area contributed by atoms with Crippen LogP contribution in [0.4, 0.5) is 4.79 Å². The van der Waals surface area contributed by atoms with Gasteiger partial charge >= 0.3 is 6.09 Å². The molecule has 2 atom stereocenters. The molecule has 180 valence electrons. The van der Waals surface area contributed by atoms with E-state index in [-0.39, 0.29) is 18.9 Å². The van der Waals surface area contributed by atoms with Gasteiger partial charge < -0.3 is 30.5 Å². The Kier molecular flexibility index (Phi) is 9.08. The number of rotatable bonds is 7. The number of phenolic OH excluding ortho intramolecular Hbond substituents is 1. The van der Waals surface area contributed by atoms with Crippen molar-refractivity contribution in [2.75, 3.05) is 13.2 Å². The minimum absolute atomic E-state index is 0.0590. The van der Waals surface area contributed by atoms with Gasteiger partial charge in [0.05, 0.1) is 6.61 Å². The number of nitrogens with zero attached hydrogens (tertiary/aromatic N) is 1. The fourth-order valence-electron chi connectivity index (χ4n) is 3.03. The van der Waals surface area contributed by atoms with Crippen molar-refractivity contribution in [1.82, 2.24) is 15.5 Å². The van der Waals surface area contributed by atoms with E-state index in [0.29, 0.717) is 11.1 Å². The first-order valence-corrected chi connectivity index (χ1v) is 10.6. The van der Waals surface area contributed by atoms with Gasteiger partial charge in [-0.1, -0.05) is 6.07 Å². The largest absolute Gasteiger partial charge is 0.508 e. The summed E-state index contributed by atoms with van der Waals surface area (Å²) < 4.78 is 5.21. The van der Waals surface area contributed by atoms with Crippen LogP contribution in [0.25, 0.3) is 0 Å². The molecule has 0 saturated heterocycles. The SMILES string of the molecule is Cc1cc(C(C(=O)NC(C)(C)C)N(CCO)C(=O)C(C)NC(=O)OC(C)(C)C)ccc1O. The van der Waals surface area contributed by atoms with E-state index < -0.39 is 41.1 Å². The molecule has 0 aliphatic heterocycles. The van der Waals surface area contributed by atoms with E-state index in [4.69, 9.17) is 4.74 Å². The topological polar surface area (TPSA) is 128 Å². The van der Waals surface area contributed by atoms with E-state index in [1.807, 2.05) is 20.8 Å². The van der Waals surface area contributed by atoms with Crippen molar-refractivity contribution in [2.45, 2.75) is 78.6 Å². The molecule has 2 unspecified atom stereocenters. The molecule has 0 spiro atoms. The Balaban J connectivity index is 3.33. The third kappa shape index (κ3) is 8.37. The van der Waals surface area contributed by atoms with Crippen LogP contribution in [0.15, 0.2) is 18.2 Å². The molecule has 3 amide bonds. The van der Waals surface area contributed by atoms with E-state index in [9.17, 15) is 24.6 Å². The van der Waals surface area contributed by atoms with Crippen molar-refractivity contribution < 1.29 is 29.3 Å². The van der Waals surface area contributed by atoms with Gasteiger partial charge in [0.15, 0.2) is 0 Å². The number of aromatic hydroxyl groups is 1. The van der Waals surface area contributed by atoms with Crippen LogP contribution >= 0.6 is 0 Å². The molecular formula is C23H37N3O6. The Labute approximate surface area is 190 Å². The second-order valence-electron chi connectivity index (χ2n) is 9.81. The highest BCUT2D eigenvalue weighted by Gasteiger charge is 2.35. The zero-order valence-electron chi connectivity index (χ0n) is 20.3. The van der Waals surface area contributed by atoms with Gasteiger partial charge in [0.25, 0.3) is 0 Å². The quantitative estimate of drug-likeness (QED) is 0.504. The number of amides is 3. The van der Waals surface area contributed by atoms with E-state index in [0.717, 1.165) is 0 Å². The molecule has 0 heterocycles. The molecule has 0 aliphatic carbocycles. The van der Waals surface area contributed by atoms with Gasteiger partial charge in [-0.25, -0.2) is 4.79 Å². The molecule has 4 N–H and O–H groups in total. The lowest BCUT2D eigenvalue weighted by atomic mass is 9.99. The monoisotopic (exact) mass is 451 g/mol. The lowest BCUT2D eigenvalue weighted by Crippen LogP contribution is -2.54. The number of alkyl carbamates (subject to hydrolysis) is 1. The van der Waals surface area contributed by atoms with Gasteiger partial charge in [-0.15, -0.1) is 0 Å². The van der Waals surface area contributed by atoms with Crippen molar-refractivity contribution in [3.63, 3.8) is 0 Å². The summed E-state index contributed by atoms with van der Waals surface area (Å²) in [5.74, 6) is -0.956. The average molecular weight is 452 g/mol. The van der Waals surface area contributed by atoms with Gasteiger partial charge in [-0.2, -0.15) is 0 Å². The molecule has 1 aromatic carbocycles. The number of nitrogens with one attached hydrogen (secondary N) is 2. The van der Waals surface area contributed by atoms with E-state index in [2.05, 4.69) is 10.6 Å². The number of phenols is 1. The van der Waals surface area contributed by atoms with Crippen molar-refractivity contribution >= 4 is 17.9 Å². The van der Waals surface area contributed by atoms with Gasteiger partial charge in [-0.3, -0.25) is 9.59 Å². The summed E-state index contributed by atoms with van der Waals surface area (Å²) >= 11 is 0. The van der Waals surface area contributed by atoms with Crippen LogP contribution in [0.2, 0.25) is 0 Å². The zero-order valence-corrected chi connectivity index (χ0v) is 20.3. The number of ether oxygens (including phenoxy) is 1. The van der Waals surface area contributed by atoms with Crippen molar-refractivity contribution in [2.24, 2.45) is 0 Å². The minimum atomic E-state index is -1.09. The molecule has 32 heavy (non-hydrogen) atoms. The molecular weight excluding hydrogens is 414 g/mol. The van der Waals surface area contributed by atoms with E-state index in [1.165, 1.54) is 17.9 Å². The first kappa shape index (κ1) is 27.2. The Morgan fingerprint density at radius 2 is 1.72 bits per heavy atom. The van der Waals surface area contributed by atoms with Crippen LogP contribution in [0.5, 0.6) is 5.75 Å². The predicted molar refractivity (Wildman–Crippen MR) is 121 cm³/mol. The highest BCUT2D eigenvalue weighted by Crippen LogP contribution is 2.27. The van der Waals surface area contributed by atoms with Crippen molar-refractivity contribution in [3.05, 3.63) is 29.3 Å². The maximum atomic E-state index is 13.3. The van der Waals surface area contributed by atoms with Gasteiger partial charge in [0.2, 0.25) is 11.8 Å². The summed E-state index contributed by atoms with van der Waals surface area (Å²) in [6.45, 7) is 13.2. The minimum Gasteiger partial charge on any atom is -0.508 e. The number of hydrogen-bond acceptors (Lipinski definition) is 6. The van der Waals surface area contributed by atoms with E-state index in [1.54, 1.807) is 39.8 Å². The molecule has 0 radical (unpaired) electrons. The standard InChI is InChI=1S/C23H37N3O6/c1-14-13-16(9-10-17(14)28)18(19(29)25-22(3,4)5)26(11-12-27)20(30)15(2)24-21(31)32-23(6,7)8/h9-10,13,15,18,27-28H,11-12H2,1-8H3,(H,24,31)(H,25,29). The number of hydrogen-bond donors (Lipinski definition) is 4. The summed E-state index contributed by atoms with van der Waals surface area (Å²) in [7, 11) is 0. The molecule has 1 rings (SSSR count).